The second kappa shape index (κ2) is 9.42. The normalized spacial score (nSPS) is 19.9. The van der Waals surface area contributed by atoms with E-state index < -0.39 is 0 Å². The number of piperidine rings is 1. The third-order valence-corrected chi connectivity index (χ3v) is 4.80. The average Bonchev–Trinajstić information content (AvgIpc) is 3.12. The quantitative estimate of drug-likeness (QED) is 0.839. The van der Waals surface area contributed by atoms with Gasteiger partial charge in [0, 0.05) is 17.0 Å². The SMILES string of the molecule is Cc1oc(-c2ccsc2)nc1CC(=O)NC1CCNCC1C.Cl.Cl. The lowest BCUT2D eigenvalue weighted by molar-refractivity contribution is -0.121. The number of rotatable bonds is 4. The highest BCUT2D eigenvalue weighted by Gasteiger charge is 2.23. The molecule has 134 valence electrons. The number of hydrogen-bond donors (Lipinski definition) is 2. The Bertz CT molecular complexity index is 646. The second-order valence-corrected chi connectivity index (χ2v) is 6.63. The maximum atomic E-state index is 12.3. The molecule has 2 N–H and O–H groups in total. The molecule has 8 heteroatoms. The zero-order chi connectivity index (χ0) is 15.5. The number of halogens is 2. The number of amides is 1. The van der Waals surface area contributed by atoms with Crippen molar-refractivity contribution in [1.82, 2.24) is 15.6 Å². The lowest BCUT2D eigenvalue weighted by atomic mass is 9.95. The zero-order valence-electron chi connectivity index (χ0n) is 13.7. The highest BCUT2D eigenvalue weighted by Crippen LogP contribution is 2.24. The number of aromatic nitrogens is 1. The van der Waals surface area contributed by atoms with Crippen LogP contribution in [0.25, 0.3) is 11.5 Å². The van der Waals surface area contributed by atoms with Gasteiger partial charge in [-0.05, 0) is 43.8 Å². The summed E-state index contributed by atoms with van der Waals surface area (Å²) >= 11 is 1.60. The van der Waals surface area contributed by atoms with Crippen molar-refractivity contribution in [1.29, 1.82) is 0 Å². The summed E-state index contributed by atoms with van der Waals surface area (Å²) in [6, 6.07) is 2.22. The predicted octanol–water partition coefficient (Wildman–Crippen LogP) is 3.21. The van der Waals surface area contributed by atoms with Crippen LogP contribution in [0.3, 0.4) is 0 Å². The van der Waals surface area contributed by atoms with Crippen molar-refractivity contribution in [3.8, 4) is 11.5 Å². The highest BCUT2D eigenvalue weighted by atomic mass is 35.5. The zero-order valence-corrected chi connectivity index (χ0v) is 16.2. The molecule has 2 atom stereocenters. The molecule has 3 heterocycles. The van der Waals surface area contributed by atoms with Crippen molar-refractivity contribution in [2.24, 2.45) is 5.92 Å². The lowest BCUT2D eigenvalue weighted by Crippen LogP contribution is -2.48. The molecular formula is C16H23Cl2N3O2S. The molecule has 0 saturated carbocycles. The third-order valence-electron chi connectivity index (χ3n) is 4.12. The van der Waals surface area contributed by atoms with E-state index in [0.29, 0.717) is 11.8 Å². The van der Waals surface area contributed by atoms with E-state index in [1.165, 1.54) is 0 Å². The Morgan fingerprint density at radius 3 is 2.96 bits per heavy atom. The third kappa shape index (κ3) is 4.96. The van der Waals surface area contributed by atoms with Gasteiger partial charge >= 0.3 is 0 Å². The summed E-state index contributed by atoms with van der Waals surface area (Å²) in [6.07, 6.45) is 1.25. The molecule has 1 aliphatic rings. The Hall–Kier alpha value is -1.08. The molecule has 24 heavy (non-hydrogen) atoms. The summed E-state index contributed by atoms with van der Waals surface area (Å²) in [4.78, 5) is 16.7. The van der Waals surface area contributed by atoms with Crippen LogP contribution in [0.5, 0.6) is 0 Å². The molecule has 2 unspecified atom stereocenters. The van der Waals surface area contributed by atoms with Crippen LogP contribution in [0, 0.1) is 12.8 Å². The fourth-order valence-electron chi connectivity index (χ4n) is 2.74. The fourth-order valence-corrected chi connectivity index (χ4v) is 3.37. The Balaban J connectivity index is 0.00000144. The number of nitrogens with zero attached hydrogens (tertiary/aromatic N) is 1. The van der Waals surface area contributed by atoms with Gasteiger partial charge in [-0.1, -0.05) is 6.92 Å². The monoisotopic (exact) mass is 391 g/mol. The smallest absolute Gasteiger partial charge is 0.227 e. The van der Waals surface area contributed by atoms with Gasteiger partial charge in [0.25, 0.3) is 0 Å². The van der Waals surface area contributed by atoms with Crippen molar-refractivity contribution >= 4 is 42.1 Å². The topological polar surface area (TPSA) is 67.2 Å². The summed E-state index contributed by atoms with van der Waals surface area (Å²) in [5.74, 6) is 1.79. The number of thiophene rings is 1. The number of carbonyl (C=O) groups excluding carboxylic acids is 1. The number of oxazole rings is 1. The number of carbonyl (C=O) groups is 1. The van der Waals surface area contributed by atoms with Crippen LogP contribution in [0.15, 0.2) is 21.2 Å². The van der Waals surface area contributed by atoms with E-state index in [1.807, 2.05) is 23.8 Å². The van der Waals surface area contributed by atoms with E-state index in [-0.39, 0.29) is 43.2 Å². The maximum absolute atomic E-state index is 12.3. The summed E-state index contributed by atoms with van der Waals surface area (Å²) < 4.78 is 5.68. The minimum atomic E-state index is 0. The van der Waals surface area contributed by atoms with Gasteiger partial charge in [-0.15, -0.1) is 24.8 Å². The molecule has 3 rings (SSSR count). The molecule has 0 bridgehead atoms. The minimum Gasteiger partial charge on any atom is -0.441 e. The summed E-state index contributed by atoms with van der Waals surface area (Å²) in [7, 11) is 0. The molecule has 1 amide bonds. The first-order valence-electron chi connectivity index (χ1n) is 7.62. The average molecular weight is 392 g/mol. The van der Waals surface area contributed by atoms with Crippen molar-refractivity contribution in [2.75, 3.05) is 13.1 Å². The molecule has 0 spiro atoms. The first-order valence-corrected chi connectivity index (χ1v) is 8.56. The van der Waals surface area contributed by atoms with Crippen LogP contribution in [0.4, 0.5) is 0 Å². The van der Waals surface area contributed by atoms with Gasteiger partial charge < -0.3 is 15.1 Å². The van der Waals surface area contributed by atoms with Crippen LogP contribution in [0.1, 0.15) is 24.8 Å². The van der Waals surface area contributed by atoms with Crippen LogP contribution in [-0.2, 0) is 11.2 Å². The molecule has 2 aromatic rings. The van der Waals surface area contributed by atoms with E-state index >= 15 is 0 Å². The minimum absolute atomic E-state index is 0. The van der Waals surface area contributed by atoms with Gasteiger partial charge in [-0.25, -0.2) is 4.98 Å². The van der Waals surface area contributed by atoms with Crippen molar-refractivity contribution in [2.45, 2.75) is 32.7 Å². The van der Waals surface area contributed by atoms with Gasteiger partial charge in [0.05, 0.1) is 12.1 Å². The number of nitrogens with one attached hydrogen (secondary N) is 2. The molecule has 1 aliphatic heterocycles. The number of aryl methyl sites for hydroxylation is 1. The maximum Gasteiger partial charge on any atom is 0.227 e. The van der Waals surface area contributed by atoms with Gasteiger partial charge in [0.2, 0.25) is 11.8 Å². The molecule has 0 aromatic carbocycles. The first-order chi connectivity index (χ1) is 10.6. The van der Waals surface area contributed by atoms with Crippen molar-refractivity contribution in [3.63, 3.8) is 0 Å². The van der Waals surface area contributed by atoms with Gasteiger partial charge in [-0.2, -0.15) is 11.3 Å². The van der Waals surface area contributed by atoms with E-state index in [4.69, 9.17) is 4.42 Å². The lowest BCUT2D eigenvalue weighted by Gasteiger charge is -2.30. The molecular weight excluding hydrogens is 369 g/mol. The largest absolute Gasteiger partial charge is 0.441 e. The van der Waals surface area contributed by atoms with E-state index in [0.717, 1.165) is 36.5 Å². The van der Waals surface area contributed by atoms with Crippen molar-refractivity contribution in [3.05, 3.63) is 28.3 Å². The standard InChI is InChI=1S/C16H21N3O2S.2ClH/c1-10-8-17-5-3-13(10)18-15(20)7-14-11(2)21-16(19-14)12-4-6-22-9-12;;/h4,6,9-10,13,17H,3,5,7-8H2,1-2H3,(H,18,20);2*1H. The van der Waals surface area contributed by atoms with E-state index in [2.05, 4.69) is 22.5 Å². The van der Waals surface area contributed by atoms with Crippen LogP contribution in [0.2, 0.25) is 0 Å². The van der Waals surface area contributed by atoms with Crippen molar-refractivity contribution < 1.29 is 9.21 Å². The van der Waals surface area contributed by atoms with Gasteiger partial charge in [-0.3, -0.25) is 4.79 Å². The van der Waals surface area contributed by atoms with E-state index in [1.54, 1.807) is 11.3 Å². The Kier molecular flexibility index (Phi) is 8.22. The number of hydrogen-bond acceptors (Lipinski definition) is 5. The predicted molar refractivity (Wildman–Crippen MR) is 101 cm³/mol. The van der Waals surface area contributed by atoms with Gasteiger partial charge in [0.15, 0.2) is 0 Å². The molecule has 5 nitrogen and oxygen atoms in total. The van der Waals surface area contributed by atoms with Crippen LogP contribution < -0.4 is 10.6 Å². The van der Waals surface area contributed by atoms with Crippen LogP contribution >= 0.6 is 36.2 Å². The van der Waals surface area contributed by atoms with Crippen LogP contribution in [-0.4, -0.2) is 30.0 Å². The molecule has 2 aromatic heterocycles. The summed E-state index contributed by atoms with van der Waals surface area (Å²) in [5, 5.41) is 10.4. The molecule has 1 fully saturated rings. The molecule has 0 radical (unpaired) electrons. The first kappa shape index (κ1) is 21.0. The summed E-state index contributed by atoms with van der Waals surface area (Å²) in [5.41, 5.74) is 1.69. The Morgan fingerprint density at radius 2 is 2.29 bits per heavy atom. The Morgan fingerprint density at radius 1 is 1.50 bits per heavy atom. The molecule has 0 aliphatic carbocycles. The van der Waals surface area contributed by atoms with E-state index in [9.17, 15) is 4.79 Å². The highest BCUT2D eigenvalue weighted by molar-refractivity contribution is 7.08. The Labute approximate surface area is 158 Å². The second-order valence-electron chi connectivity index (χ2n) is 5.85. The fraction of sp³-hybridized carbons (Fsp3) is 0.500. The molecule has 1 saturated heterocycles. The van der Waals surface area contributed by atoms with Gasteiger partial charge in [0.1, 0.15) is 5.76 Å². The summed E-state index contributed by atoms with van der Waals surface area (Å²) in [6.45, 7) is 5.93.